The molecular weight excluding hydrogens is 390 g/mol. The highest BCUT2D eigenvalue weighted by molar-refractivity contribution is 5.91. The number of nitrogens with one attached hydrogen (secondary N) is 2. The SMILES string of the molecule is Cc1cc(Oc2ccc(NC(=O)COc3ccccc3)cc2)cc(C2CCNCC2)n1. The van der Waals surface area contributed by atoms with Crippen LogP contribution in [0, 0.1) is 6.92 Å². The molecule has 1 aromatic heterocycles. The molecule has 2 heterocycles. The standard InChI is InChI=1S/C25H27N3O3/c1-18-15-23(16-24(27-18)19-11-13-26-14-12-19)31-22-9-7-20(8-10-22)28-25(29)17-30-21-5-3-2-4-6-21/h2-10,15-16,19,26H,11-14,17H2,1H3,(H,28,29). The Morgan fingerprint density at radius 3 is 2.48 bits per heavy atom. The van der Waals surface area contributed by atoms with E-state index < -0.39 is 0 Å². The minimum Gasteiger partial charge on any atom is -0.484 e. The maximum Gasteiger partial charge on any atom is 0.262 e. The molecule has 6 heteroatoms. The van der Waals surface area contributed by atoms with Crippen LogP contribution in [0.5, 0.6) is 17.2 Å². The van der Waals surface area contributed by atoms with Crippen LogP contribution in [0.15, 0.2) is 66.7 Å². The van der Waals surface area contributed by atoms with Gasteiger partial charge in [0, 0.05) is 35.1 Å². The lowest BCUT2D eigenvalue weighted by atomic mass is 9.94. The molecule has 1 fully saturated rings. The van der Waals surface area contributed by atoms with Gasteiger partial charge in [-0.25, -0.2) is 0 Å². The molecule has 1 aliphatic rings. The Labute approximate surface area is 182 Å². The van der Waals surface area contributed by atoms with Gasteiger partial charge in [-0.1, -0.05) is 18.2 Å². The average Bonchev–Trinajstić information content (AvgIpc) is 2.80. The van der Waals surface area contributed by atoms with Crippen LogP contribution in [-0.4, -0.2) is 30.6 Å². The van der Waals surface area contributed by atoms with Gasteiger partial charge in [-0.3, -0.25) is 9.78 Å². The van der Waals surface area contributed by atoms with Crippen molar-refractivity contribution in [3.8, 4) is 17.2 Å². The molecule has 0 unspecified atom stereocenters. The predicted molar refractivity (Wildman–Crippen MR) is 121 cm³/mol. The van der Waals surface area contributed by atoms with Crippen LogP contribution in [0.1, 0.15) is 30.1 Å². The zero-order valence-corrected chi connectivity index (χ0v) is 17.6. The Hall–Kier alpha value is -3.38. The Morgan fingerprint density at radius 2 is 1.74 bits per heavy atom. The minimum atomic E-state index is -0.214. The number of rotatable bonds is 7. The van der Waals surface area contributed by atoms with E-state index in [1.54, 1.807) is 0 Å². The molecule has 0 aliphatic carbocycles. The van der Waals surface area contributed by atoms with Crippen molar-refractivity contribution in [3.63, 3.8) is 0 Å². The fourth-order valence-electron chi connectivity index (χ4n) is 3.65. The number of aromatic nitrogens is 1. The molecule has 3 aromatic rings. The van der Waals surface area contributed by atoms with Crippen molar-refractivity contribution >= 4 is 11.6 Å². The number of piperidine rings is 1. The van der Waals surface area contributed by atoms with E-state index in [0.717, 1.165) is 43.1 Å². The van der Waals surface area contributed by atoms with Crippen LogP contribution >= 0.6 is 0 Å². The first-order valence-electron chi connectivity index (χ1n) is 10.6. The van der Waals surface area contributed by atoms with E-state index in [0.29, 0.717) is 23.1 Å². The average molecular weight is 418 g/mol. The smallest absolute Gasteiger partial charge is 0.262 e. The van der Waals surface area contributed by atoms with Gasteiger partial charge in [-0.05, 0) is 69.3 Å². The predicted octanol–water partition coefficient (Wildman–Crippen LogP) is 4.67. The number of pyridine rings is 1. The minimum absolute atomic E-state index is 0.0436. The second kappa shape index (κ2) is 10.1. The van der Waals surface area contributed by atoms with E-state index in [4.69, 9.17) is 14.5 Å². The summed E-state index contributed by atoms with van der Waals surface area (Å²) in [6.07, 6.45) is 2.19. The molecule has 31 heavy (non-hydrogen) atoms. The highest BCUT2D eigenvalue weighted by Gasteiger charge is 2.17. The number of aryl methyl sites for hydroxylation is 1. The van der Waals surface area contributed by atoms with Crippen molar-refractivity contribution in [2.45, 2.75) is 25.7 Å². The van der Waals surface area contributed by atoms with E-state index in [2.05, 4.69) is 10.6 Å². The molecule has 6 nitrogen and oxygen atoms in total. The zero-order valence-electron chi connectivity index (χ0n) is 17.6. The summed E-state index contributed by atoms with van der Waals surface area (Å²) < 4.78 is 11.5. The summed E-state index contributed by atoms with van der Waals surface area (Å²) in [5, 5.41) is 6.22. The monoisotopic (exact) mass is 417 g/mol. The first-order chi connectivity index (χ1) is 15.2. The first kappa shape index (κ1) is 20.9. The van der Waals surface area contributed by atoms with Gasteiger partial charge in [-0.2, -0.15) is 0 Å². The molecule has 0 atom stereocenters. The lowest BCUT2D eigenvalue weighted by Crippen LogP contribution is -2.27. The van der Waals surface area contributed by atoms with Crippen LogP contribution in [0.2, 0.25) is 0 Å². The summed E-state index contributed by atoms with van der Waals surface area (Å²) >= 11 is 0. The van der Waals surface area contributed by atoms with Gasteiger partial charge in [-0.15, -0.1) is 0 Å². The van der Waals surface area contributed by atoms with Gasteiger partial charge >= 0.3 is 0 Å². The molecule has 0 saturated carbocycles. The van der Waals surface area contributed by atoms with E-state index in [-0.39, 0.29) is 12.5 Å². The molecule has 1 aliphatic heterocycles. The number of anilines is 1. The number of hydrogen-bond donors (Lipinski definition) is 2. The van der Waals surface area contributed by atoms with E-state index >= 15 is 0 Å². The summed E-state index contributed by atoms with van der Waals surface area (Å²) in [7, 11) is 0. The largest absolute Gasteiger partial charge is 0.484 e. The second-order valence-electron chi connectivity index (χ2n) is 7.67. The molecule has 0 bridgehead atoms. The first-order valence-corrected chi connectivity index (χ1v) is 10.6. The van der Waals surface area contributed by atoms with Gasteiger partial charge in [0.2, 0.25) is 0 Å². The van der Waals surface area contributed by atoms with Gasteiger partial charge in [0.15, 0.2) is 6.61 Å². The zero-order chi connectivity index (χ0) is 21.5. The normalized spacial score (nSPS) is 14.1. The number of carbonyl (C=O) groups excluding carboxylic acids is 1. The maximum atomic E-state index is 12.1. The molecule has 4 rings (SSSR count). The van der Waals surface area contributed by atoms with Crippen LogP contribution in [0.25, 0.3) is 0 Å². The lowest BCUT2D eigenvalue weighted by molar-refractivity contribution is -0.118. The number of amides is 1. The molecule has 1 amide bonds. The highest BCUT2D eigenvalue weighted by Crippen LogP contribution is 2.29. The van der Waals surface area contributed by atoms with Gasteiger partial charge in [0.05, 0.1) is 0 Å². The summed E-state index contributed by atoms with van der Waals surface area (Å²) in [4.78, 5) is 16.8. The second-order valence-corrected chi connectivity index (χ2v) is 7.67. The van der Waals surface area contributed by atoms with Crippen LogP contribution in [-0.2, 0) is 4.79 Å². The summed E-state index contributed by atoms with van der Waals surface area (Å²) in [6.45, 7) is 4.01. The Kier molecular flexibility index (Phi) is 6.79. The fraction of sp³-hybridized carbons (Fsp3) is 0.280. The molecule has 1 saturated heterocycles. The third-order valence-corrected chi connectivity index (χ3v) is 5.19. The third kappa shape index (κ3) is 6.06. The van der Waals surface area contributed by atoms with Crippen LogP contribution in [0.3, 0.4) is 0 Å². The van der Waals surface area contributed by atoms with E-state index in [1.165, 1.54) is 0 Å². The maximum absolute atomic E-state index is 12.1. The van der Waals surface area contributed by atoms with E-state index in [1.807, 2.05) is 73.7 Å². The molecule has 2 N–H and O–H groups in total. The number of ether oxygens (including phenoxy) is 2. The number of carbonyl (C=O) groups is 1. The van der Waals surface area contributed by atoms with Crippen molar-refractivity contribution in [2.75, 3.05) is 25.0 Å². The molecule has 2 aromatic carbocycles. The van der Waals surface area contributed by atoms with Crippen molar-refractivity contribution in [3.05, 3.63) is 78.1 Å². The Bertz CT molecular complexity index is 1000. The number of nitrogens with zero attached hydrogens (tertiary/aromatic N) is 1. The summed E-state index contributed by atoms with van der Waals surface area (Å²) in [5.74, 6) is 2.42. The van der Waals surface area contributed by atoms with Gasteiger partial charge in [0.25, 0.3) is 5.91 Å². The summed E-state index contributed by atoms with van der Waals surface area (Å²) in [5.41, 5.74) is 2.74. The summed E-state index contributed by atoms with van der Waals surface area (Å²) in [6, 6.07) is 20.6. The van der Waals surface area contributed by atoms with Crippen LogP contribution in [0.4, 0.5) is 5.69 Å². The number of para-hydroxylation sites is 1. The topological polar surface area (TPSA) is 72.5 Å². The third-order valence-electron chi connectivity index (χ3n) is 5.19. The van der Waals surface area contributed by atoms with E-state index in [9.17, 15) is 4.79 Å². The quantitative estimate of drug-likeness (QED) is 0.585. The number of hydrogen-bond acceptors (Lipinski definition) is 5. The Morgan fingerprint density at radius 1 is 1.00 bits per heavy atom. The molecular formula is C25H27N3O3. The highest BCUT2D eigenvalue weighted by atomic mass is 16.5. The van der Waals surface area contributed by atoms with Gasteiger partial charge < -0.3 is 20.1 Å². The van der Waals surface area contributed by atoms with Crippen molar-refractivity contribution in [2.24, 2.45) is 0 Å². The molecule has 160 valence electrons. The lowest BCUT2D eigenvalue weighted by Gasteiger charge is -2.22. The fourth-order valence-corrected chi connectivity index (χ4v) is 3.65. The molecule has 0 spiro atoms. The van der Waals surface area contributed by atoms with Gasteiger partial charge in [0.1, 0.15) is 17.2 Å². The number of benzene rings is 2. The van der Waals surface area contributed by atoms with Crippen LogP contribution < -0.4 is 20.1 Å². The van der Waals surface area contributed by atoms with Crippen molar-refractivity contribution < 1.29 is 14.3 Å². The molecule has 0 radical (unpaired) electrons. The van der Waals surface area contributed by atoms with Crippen molar-refractivity contribution in [1.82, 2.24) is 10.3 Å². The van der Waals surface area contributed by atoms with Crippen molar-refractivity contribution in [1.29, 1.82) is 0 Å². The Balaban J connectivity index is 1.34.